The summed E-state index contributed by atoms with van der Waals surface area (Å²) in [5.74, 6) is -0.396. The predicted molar refractivity (Wildman–Crippen MR) is 92.9 cm³/mol. The number of carbonyl (C=O) groups excluding carboxylic acids is 1. The van der Waals surface area contributed by atoms with Crippen LogP contribution in [0.15, 0.2) is 23.1 Å². The number of sulfonamides is 1. The normalized spacial score (nSPS) is 18.1. The van der Waals surface area contributed by atoms with E-state index in [2.05, 4.69) is 5.32 Å². The molecule has 1 atom stereocenters. The molecule has 0 aromatic heterocycles. The van der Waals surface area contributed by atoms with Crippen molar-refractivity contribution >= 4 is 27.5 Å². The maximum absolute atomic E-state index is 12.6. The van der Waals surface area contributed by atoms with E-state index in [0.29, 0.717) is 26.2 Å². The third-order valence-electron chi connectivity index (χ3n) is 4.04. The van der Waals surface area contributed by atoms with Crippen molar-refractivity contribution < 1.29 is 17.9 Å². The zero-order valence-electron chi connectivity index (χ0n) is 13.9. The fourth-order valence-corrected chi connectivity index (χ4v) is 4.35. The molecule has 1 N–H and O–H groups in total. The van der Waals surface area contributed by atoms with Gasteiger partial charge in [-0.2, -0.15) is 4.31 Å². The number of rotatable bonds is 7. The number of hydrogen-bond acceptors (Lipinski definition) is 4. The maximum Gasteiger partial charge on any atom is 0.252 e. The van der Waals surface area contributed by atoms with Crippen molar-refractivity contribution in [1.82, 2.24) is 9.62 Å². The molecule has 1 fully saturated rings. The van der Waals surface area contributed by atoms with Crippen molar-refractivity contribution in [3.8, 4) is 0 Å². The number of amides is 1. The average Bonchev–Trinajstić information content (AvgIpc) is 3.07. The lowest BCUT2D eigenvalue weighted by Gasteiger charge is -2.19. The van der Waals surface area contributed by atoms with Crippen molar-refractivity contribution in [2.45, 2.75) is 37.7 Å². The van der Waals surface area contributed by atoms with Gasteiger partial charge < -0.3 is 10.1 Å². The summed E-state index contributed by atoms with van der Waals surface area (Å²) < 4.78 is 32.0. The Morgan fingerprint density at radius 3 is 2.67 bits per heavy atom. The summed E-state index contributed by atoms with van der Waals surface area (Å²) in [5, 5.41) is 2.98. The minimum atomic E-state index is -3.63. The molecule has 1 aliphatic heterocycles. The Labute approximate surface area is 148 Å². The van der Waals surface area contributed by atoms with Crippen molar-refractivity contribution in [3.63, 3.8) is 0 Å². The van der Waals surface area contributed by atoms with Crippen LogP contribution in [0.2, 0.25) is 5.02 Å². The van der Waals surface area contributed by atoms with Gasteiger partial charge in [0.05, 0.1) is 21.6 Å². The first-order chi connectivity index (χ1) is 11.4. The van der Waals surface area contributed by atoms with Crippen LogP contribution in [0.5, 0.6) is 0 Å². The summed E-state index contributed by atoms with van der Waals surface area (Å²) >= 11 is 6.08. The van der Waals surface area contributed by atoms with Gasteiger partial charge in [-0.15, -0.1) is 0 Å². The van der Waals surface area contributed by atoms with Crippen LogP contribution in [0.3, 0.4) is 0 Å². The first-order valence-electron chi connectivity index (χ1n) is 8.09. The summed E-state index contributed by atoms with van der Waals surface area (Å²) in [7, 11) is -3.63. The zero-order chi connectivity index (χ0) is 17.7. The standard InChI is InChI=1S/C16H23ClN2O4S/c1-3-19(4-2)24(21,22)13-7-8-15(17)14(10-13)16(20)18-11-12-6-5-9-23-12/h7-8,10,12H,3-6,9,11H2,1-2H3,(H,18,20)/t12-/m1/s1. The molecule has 134 valence electrons. The quantitative estimate of drug-likeness (QED) is 0.794. The van der Waals surface area contributed by atoms with Gasteiger partial charge in [0.1, 0.15) is 0 Å². The molecule has 2 rings (SSSR count). The Balaban J connectivity index is 2.19. The Hall–Kier alpha value is -1.15. The fraction of sp³-hybridized carbons (Fsp3) is 0.562. The topological polar surface area (TPSA) is 75.7 Å². The lowest BCUT2D eigenvalue weighted by Crippen LogP contribution is -2.33. The molecule has 0 radical (unpaired) electrons. The zero-order valence-corrected chi connectivity index (χ0v) is 15.5. The van der Waals surface area contributed by atoms with Crippen LogP contribution in [-0.4, -0.2) is 51.0 Å². The first-order valence-corrected chi connectivity index (χ1v) is 9.91. The van der Waals surface area contributed by atoms with Crippen LogP contribution in [0.25, 0.3) is 0 Å². The van der Waals surface area contributed by atoms with Gasteiger partial charge in [0.15, 0.2) is 0 Å². The van der Waals surface area contributed by atoms with E-state index < -0.39 is 15.9 Å². The smallest absolute Gasteiger partial charge is 0.252 e. The molecule has 0 unspecified atom stereocenters. The molecule has 1 heterocycles. The largest absolute Gasteiger partial charge is 0.376 e. The van der Waals surface area contributed by atoms with E-state index in [9.17, 15) is 13.2 Å². The molecule has 1 aromatic carbocycles. The van der Waals surface area contributed by atoms with Crippen LogP contribution in [-0.2, 0) is 14.8 Å². The molecule has 1 amide bonds. The van der Waals surface area contributed by atoms with Gasteiger partial charge in [0.2, 0.25) is 10.0 Å². The van der Waals surface area contributed by atoms with E-state index in [1.807, 2.05) is 0 Å². The van der Waals surface area contributed by atoms with Gasteiger partial charge in [-0.3, -0.25) is 4.79 Å². The number of nitrogens with zero attached hydrogens (tertiary/aromatic N) is 1. The molecule has 6 nitrogen and oxygen atoms in total. The molecule has 1 aliphatic rings. The Morgan fingerprint density at radius 2 is 2.08 bits per heavy atom. The molecule has 0 saturated carbocycles. The van der Waals surface area contributed by atoms with E-state index in [0.717, 1.165) is 12.8 Å². The van der Waals surface area contributed by atoms with Crippen molar-refractivity contribution in [3.05, 3.63) is 28.8 Å². The van der Waals surface area contributed by atoms with Crippen molar-refractivity contribution in [2.24, 2.45) is 0 Å². The first kappa shape index (κ1) is 19.2. The number of halogens is 1. The monoisotopic (exact) mass is 374 g/mol. The average molecular weight is 375 g/mol. The molecule has 0 aliphatic carbocycles. The summed E-state index contributed by atoms with van der Waals surface area (Å²) in [6, 6.07) is 4.20. The number of nitrogens with one attached hydrogen (secondary N) is 1. The van der Waals surface area contributed by atoms with Gasteiger partial charge >= 0.3 is 0 Å². The molecule has 0 spiro atoms. The van der Waals surface area contributed by atoms with Gasteiger partial charge in [0.25, 0.3) is 5.91 Å². The second-order valence-corrected chi connectivity index (χ2v) is 7.92. The van der Waals surface area contributed by atoms with Crippen molar-refractivity contribution in [2.75, 3.05) is 26.2 Å². The second kappa shape index (κ2) is 8.29. The number of benzene rings is 1. The van der Waals surface area contributed by atoms with Gasteiger partial charge in [-0.1, -0.05) is 25.4 Å². The molecular weight excluding hydrogens is 352 g/mol. The Kier molecular flexibility index (Phi) is 6.62. The third-order valence-corrected chi connectivity index (χ3v) is 6.42. The Morgan fingerprint density at radius 1 is 1.38 bits per heavy atom. The molecular formula is C16H23ClN2O4S. The highest BCUT2D eigenvalue weighted by Gasteiger charge is 2.24. The lowest BCUT2D eigenvalue weighted by atomic mass is 10.2. The van der Waals surface area contributed by atoms with E-state index in [1.54, 1.807) is 13.8 Å². The second-order valence-electron chi connectivity index (χ2n) is 5.58. The van der Waals surface area contributed by atoms with Crippen LogP contribution >= 0.6 is 11.6 Å². The van der Waals surface area contributed by atoms with E-state index in [-0.39, 0.29) is 21.6 Å². The van der Waals surface area contributed by atoms with Crippen molar-refractivity contribution in [1.29, 1.82) is 0 Å². The van der Waals surface area contributed by atoms with Gasteiger partial charge in [-0.25, -0.2) is 8.42 Å². The summed E-state index contributed by atoms with van der Waals surface area (Å²) in [4.78, 5) is 12.4. The Bertz CT molecular complexity index is 683. The van der Waals surface area contributed by atoms with Crippen LogP contribution in [0.4, 0.5) is 0 Å². The maximum atomic E-state index is 12.6. The molecule has 0 bridgehead atoms. The van der Waals surface area contributed by atoms with Gasteiger partial charge in [-0.05, 0) is 31.0 Å². The minimum absolute atomic E-state index is 0.00955. The van der Waals surface area contributed by atoms with Crippen LogP contribution in [0.1, 0.15) is 37.0 Å². The highest BCUT2D eigenvalue weighted by Crippen LogP contribution is 2.23. The van der Waals surface area contributed by atoms with Gasteiger partial charge in [0, 0.05) is 26.2 Å². The minimum Gasteiger partial charge on any atom is -0.376 e. The highest BCUT2D eigenvalue weighted by molar-refractivity contribution is 7.89. The number of hydrogen-bond donors (Lipinski definition) is 1. The molecule has 1 aromatic rings. The van der Waals surface area contributed by atoms with Crippen LogP contribution < -0.4 is 5.32 Å². The van der Waals surface area contributed by atoms with E-state index in [1.165, 1.54) is 22.5 Å². The van der Waals surface area contributed by atoms with E-state index >= 15 is 0 Å². The summed E-state index contributed by atoms with van der Waals surface area (Å²) in [6.45, 7) is 5.36. The predicted octanol–water partition coefficient (Wildman–Crippen LogP) is 2.28. The third kappa shape index (κ3) is 4.27. The highest BCUT2D eigenvalue weighted by atomic mass is 35.5. The number of carbonyl (C=O) groups is 1. The lowest BCUT2D eigenvalue weighted by molar-refractivity contribution is 0.0857. The number of ether oxygens (including phenoxy) is 1. The van der Waals surface area contributed by atoms with E-state index in [4.69, 9.17) is 16.3 Å². The molecule has 1 saturated heterocycles. The summed E-state index contributed by atoms with van der Waals surface area (Å²) in [5.41, 5.74) is 0.155. The fourth-order valence-electron chi connectivity index (χ4n) is 2.66. The van der Waals surface area contributed by atoms with Crippen LogP contribution in [0, 0.1) is 0 Å². The molecule has 24 heavy (non-hydrogen) atoms. The molecule has 8 heteroatoms. The summed E-state index contributed by atoms with van der Waals surface area (Å²) in [6.07, 6.45) is 1.90. The SMILES string of the molecule is CCN(CC)S(=O)(=O)c1ccc(Cl)c(C(=O)NC[C@H]2CCCO2)c1.